The summed E-state index contributed by atoms with van der Waals surface area (Å²) in [5.41, 5.74) is 8.52. The monoisotopic (exact) mass is 235 g/mol. The zero-order valence-corrected chi connectivity index (χ0v) is 10.1. The first-order valence-electron chi connectivity index (χ1n) is 4.73. The number of hydrogen-bond acceptors (Lipinski definition) is 3. The zero-order chi connectivity index (χ0) is 10.7. The molecule has 1 aromatic heterocycles. The van der Waals surface area contributed by atoms with Crippen LogP contribution in [-0.2, 0) is 0 Å². The highest BCUT2D eigenvalue weighted by atomic mass is 32.2. The lowest BCUT2D eigenvalue weighted by Gasteiger charge is -2.10. The van der Waals surface area contributed by atoms with Crippen molar-refractivity contribution in [2.75, 3.05) is 6.26 Å². The smallest absolute Gasteiger partial charge is 0.0559 e. The quantitative estimate of drug-likeness (QED) is 0.824. The molecular formula is C12H13NS2. The molecule has 0 saturated heterocycles. The van der Waals surface area contributed by atoms with Crippen LogP contribution < -0.4 is 5.73 Å². The van der Waals surface area contributed by atoms with Crippen LogP contribution in [-0.4, -0.2) is 6.26 Å². The molecular weight excluding hydrogens is 222 g/mol. The Kier molecular flexibility index (Phi) is 3.46. The van der Waals surface area contributed by atoms with E-state index in [-0.39, 0.29) is 6.04 Å². The minimum Gasteiger partial charge on any atom is -0.320 e. The summed E-state index contributed by atoms with van der Waals surface area (Å²) in [5, 5.41) is 4.17. The molecule has 0 bridgehead atoms. The first kappa shape index (κ1) is 10.7. The maximum Gasteiger partial charge on any atom is 0.0559 e. The minimum atomic E-state index is 0.00663. The average Bonchev–Trinajstić information content (AvgIpc) is 2.82. The van der Waals surface area contributed by atoms with Gasteiger partial charge in [-0.1, -0.05) is 12.1 Å². The molecule has 1 nitrogen and oxygen atoms in total. The van der Waals surface area contributed by atoms with Crippen molar-refractivity contribution in [3.63, 3.8) is 0 Å². The first-order chi connectivity index (χ1) is 7.31. The largest absolute Gasteiger partial charge is 0.320 e. The van der Waals surface area contributed by atoms with Crippen molar-refractivity contribution < 1.29 is 0 Å². The van der Waals surface area contributed by atoms with Gasteiger partial charge < -0.3 is 5.73 Å². The predicted molar refractivity (Wildman–Crippen MR) is 68.6 cm³/mol. The second kappa shape index (κ2) is 4.84. The van der Waals surface area contributed by atoms with Crippen LogP contribution in [0, 0.1) is 0 Å². The standard InChI is InChI=1S/C12H13NS2/c1-14-11-4-2-9(3-5-11)12(13)10-6-7-15-8-10/h2-8,12H,13H2,1H3. The molecule has 3 heteroatoms. The number of thiophene rings is 1. The number of nitrogens with two attached hydrogens (primary N) is 1. The molecule has 1 atom stereocenters. The highest BCUT2D eigenvalue weighted by Crippen LogP contribution is 2.23. The van der Waals surface area contributed by atoms with Gasteiger partial charge in [-0.25, -0.2) is 0 Å². The lowest BCUT2D eigenvalue weighted by Crippen LogP contribution is -2.10. The highest BCUT2D eigenvalue weighted by Gasteiger charge is 2.08. The van der Waals surface area contributed by atoms with Crippen molar-refractivity contribution in [2.45, 2.75) is 10.9 Å². The molecule has 15 heavy (non-hydrogen) atoms. The number of hydrogen-bond donors (Lipinski definition) is 1. The first-order valence-corrected chi connectivity index (χ1v) is 6.89. The fraction of sp³-hybridized carbons (Fsp3) is 0.167. The van der Waals surface area contributed by atoms with E-state index < -0.39 is 0 Å². The van der Waals surface area contributed by atoms with Crippen molar-refractivity contribution >= 4 is 23.1 Å². The maximum absolute atomic E-state index is 6.15. The van der Waals surface area contributed by atoms with Crippen LogP contribution in [0.25, 0.3) is 0 Å². The molecule has 2 aromatic rings. The van der Waals surface area contributed by atoms with Crippen LogP contribution in [0.5, 0.6) is 0 Å². The minimum absolute atomic E-state index is 0.00663. The summed E-state index contributed by atoms with van der Waals surface area (Å²) in [6.45, 7) is 0. The molecule has 2 N–H and O–H groups in total. The van der Waals surface area contributed by atoms with Gasteiger partial charge in [-0.3, -0.25) is 0 Å². The van der Waals surface area contributed by atoms with E-state index in [0.29, 0.717) is 0 Å². The van der Waals surface area contributed by atoms with Gasteiger partial charge in [-0.15, -0.1) is 11.8 Å². The van der Waals surface area contributed by atoms with Crippen LogP contribution in [0.2, 0.25) is 0 Å². The number of thioether (sulfide) groups is 1. The maximum atomic E-state index is 6.15. The summed E-state index contributed by atoms with van der Waals surface area (Å²) in [7, 11) is 0. The zero-order valence-electron chi connectivity index (χ0n) is 8.51. The molecule has 0 radical (unpaired) electrons. The van der Waals surface area contributed by atoms with Crippen LogP contribution in [0.15, 0.2) is 46.0 Å². The second-order valence-electron chi connectivity index (χ2n) is 3.31. The van der Waals surface area contributed by atoms with Gasteiger partial charge in [0.15, 0.2) is 0 Å². The number of benzene rings is 1. The topological polar surface area (TPSA) is 26.0 Å². The summed E-state index contributed by atoms with van der Waals surface area (Å²) in [4.78, 5) is 1.27. The van der Waals surface area contributed by atoms with Crippen LogP contribution >= 0.6 is 23.1 Å². The Hall–Kier alpha value is -0.770. The van der Waals surface area contributed by atoms with E-state index in [4.69, 9.17) is 5.73 Å². The van der Waals surface area contributed by atoms with E-state index in [2.05, 4.69) is 47.3 Å². The van der Waals surface area contributed by atoms with Crippen molar-refractivity contribution in [3.8, 4) is 0 Å². The molecule has 0 aliphatic carbocycles. The summed E-state index contributed by atoms with van der Waals surface area (Å²) >= 11 is 3.43. The lowest BCUT2D eigenvalue weighted by atomic mass is 10.0. The normalized spacial score (nSPS) is 12.7. The molecule has 0 saturated carbocycles. The Morgan fingerprint density at radius 3 is 2.40 bits per heavy atom. The Morgan fingerprint density at radius 1 is 1.13 bits per heavy atom. The molecule has 0 spiro atoms. The average molecular weight is 235 g/mol. The molecule has 2 rings (SSSR count). The van der Waals surface area contributed by atoms with E-state index in [1.807, 2.05) is 0 Å². The van der Waals surface area contributed by atoms with E-state index in [0.717, 1.165) is 0 Å². The van der Waals surface area contributed by atoms with Crippen molar-refractivity contribution in [2.24, 2.45) is 5.73 Å². The third kappa shape index (κ3) is 2.43. The lowest BCUT2D eigenvalue weighted by molar-refractivity contribution is 0.875. The Bertz CT molecular complexity index is 406. The van der Waals surface area contributed by atoms with Gasteiger partial charge in [0.25, 0.3) is 0 Å². The predicted octanol–water partition coefficient (Wildman–Crippen LogP) is 3.52. The van der Waals surface area contributed by atoms with Gasteiger partial charge >= 0.3 is 0 Å². The third-order valence-corrected chi connectivity index (χ3v) is 3.82. The Balaban J connectivity index is 2.22. The van der Waals surface area contributed by atoms with Crippen LogP contribution in [0.3, 0.4) is 0 Å². The van der Waals surface area contributed by atoms with E-state index in [1.54, 1.807) is 23.1 Å². The summed E-state index contributed by atoms with van der Waals surface area (Å²) in [6, 6.07) is 10.5. The van der Waals surface area contributed by atoms with Crippen molar-refractivity contribution in [3.05, 3.63) is 52.2 Å². The van der Waals surface area contributed by atoms with E-state index >= 15 is 0 Å². The SMILES string of the molecule is CSc1ccc(C(N)c2ccsc2)cc1. The fourth-order valence-electron chi connectivity index (χ4n) is 1.46. The Labute approximate surface area is 98.3 Å². The summed E-state index contributed by atoms with van der Waals surface area (Å²) in [5.74, 6) is 0. The molecule has 0 fully saturated rings. The van der Waals surface area contributed by atoms with Crippen LogP contribution in [0.1, 0.15) is 17.2 Å². The molecule has 1 heterocycles. The molecule has 0 amide bonds. The molecule has 0 aliphatic heterocycles. The van der Waals surface area contributed by atoms with Gasteiger partial charge in [-0.2, -0.15) is 11.3 Å². The van der Waals surface area contributed by atoms with Crippen molar-refractivity contribution in [1.82, 2.24) is 0 Å². The molecule has 1 aromatic carbocycles. The summed E-state index contributed by atoms with van der Waals surface area (Å²) < 4.78 is 0. The van der Waals surface area contributed by atoms with Gasteiger partial charge in [-0.05, 0) is 46.3 Å². The molecule has 0 aliphatic rings. The molecule has 78 valence electrons. The van der Waals surface area contributed by atoms with E-state index in [1.165, 1.54) is 16.0 Å². The van der Waals surface area contributed by atoms with Gasteiger partial charge in [0, 0.05) is 4.90 Å². The number of rotatable bonds is 3. The Morgan fingerprint density at radius 2 is 1.87 bits per heavy atom. The summed E-state index contributed by atoms with van der Waals surface area (Å²) in [6.07, 6.45) is 2.08. The third-order valence-electron chi connectivity index (χ3n) is 2.38. The fourth-order valence-corrected chi connectivity index (χ4v) is 2.56. The van der Waals surface area contributed by atoms with Gasteiger partial charge in [0.05, 0.1) is 6.04 Å². The highest BCUT2D eigenvalue weighted by molar-refractivity contribution is 7.98. The second-order valence-corrected chi connectivity index (χ2v) is 4.97. The van der Waals surface area contributed by atoms with Crippen molar-refractivity contribution in [1.29, 1.82) is 0 Å². The van der Waals surface area contributed by atoms with Gasteiger partial charge in [0.2, 0.25) is 0 Å². The molecule has 1 unspecified atom stereocenters. The van der Waals surface area contributed by atoms with Crippen LogP contribution in [0.4, 0.5) is 0 Å². The van der Waals surface area contributed by atoms with E-state index in [9.17, 15) is 0 Å². The van der Waals surface area contributed by atoms with Gasteiger partial charge in [0.1, 0.15) is 0 Å².